The van der Waals surface area contributed by atoms with Gasteiger partial charge in [-0.25, -0.2) is 4.39 Å². The molecular weight excluding hydrogens is 271 g/mol. The van der Waals surface area contributed by atoms with Crippen LogP contribution in [0.15, 0.2) is 36.4 Å². The first-order valence-electron chi connectivity index (χ1n) is 6.50. The number of carbonyl (C=O) groups is 1. The summed E-state index contributed by atoms with van der Waals surface area (Å²) in [6.07, 6.45) is 0. The molecule has 2 aromatic carbocycles. The fraction of sp³-hybridized carbons (Fsp3) is 0.188. The summed E-state index contributed by atoms with van der Waals surface area (Å²) in [7, 11) is 0. The highest BCUT2D eigenvalue weighted by atomic mass is 19.1. The van der Waals surface area contributed by atoms with Gasteiger partial charge in [-0.05, 0) is 55.3 Å². The molecule has 0 saturated carbocycles. The third kappa shape index (κ3) is 3.95. The van der Waals surface area contributed by atoms with E-state index in [1.807, 2.05) is 13.8 Å². The maximum absolute atomic E-state index is 13.0. The number of aryl methyl sites for hydroxylation is 2. The zero-order valence-electron chi connectivity index (χ0n) is 11.9. The third-order valence-corrected chi connectivity index (χ3v) is 2.94. The molecule has 0 saturated heterocycles. The Hall–Kier alpha value is -2.56. The molecule has 0 radical (unpaired) electrons. The van der Waals surface area contributed by atoms with Gasteiger partial charge < -0.3 is 15.8 Å². The van der Waals surface area contributed by atoms with E-state index >= 15 is 0 Å². The van der Waals surface area contributed by atoms with Crippen LogP contribution in [0.5, 0.6) is 5.75 Å². The second-order valence-electron chi connectivity index (χ2n) is 4.83. The minimum atomic E-state index is -0.404. The summed E-state index contributed by atoms with van der Waals surface area (Å²) in [4.78, 5) is 11.8. The molecular formula is C16H17FN2O2. The van der Waals surface area contributed by atoms with Crippen molar-refractivity contribution in [2.45, 2.75) is 13.8 Å². The average Bonchev–Trinajstić information content (AvgIpc) is 2.37. The largest absolute Gasteiger partial charge is 0.483 e. The highest BCUT2D eigenvalue weighted by molar-refractivity contribution is 5.91. The smallest absolute Gasteiger partial charge is 0.262 e. The Balaban J connectivity index is 1.99. The van der Waals surface area contributed by atoms with E-state index in [0.717, 1.165) is 11.1 Å². The molecule has 110 valence electrons. The number of amides is 1. The number of nitrogen functional groups attached to an aromatic ring is 1. The van der Waals surface area contributed by atoms with Crippen molar-refractivity contribution in [2.75, 3.05) is 17.7 Å². The zero-order chi connectivity index (χ0) is 15.4. The minimum Gasteiger partial charge on any atom is -0.483 e. The normalized spacial score (nSPS) is 10.2. The van der Waals surface area contributed by atoms with Crippen molar-refractivity contribution in [2.24, 2.45) is 0 Å². The lowest BCUT2D eigenvalue weighted by molar-refractivity contribution is -0.118. The number of hydrogen-bond donors (Lipinski definition) is 2. The van der Waals surface area contributed by atoms with Crippen LogP contribution >= 0.6 is 0 Å². The van der Waals surface area contributed by atoms with Crippen LogP contribution in [0.25, 0.3) is 0 Å². The van der Waals surface area contributed by atoms with Crippen molar-refractivity contribution in [3.05, 3.63) is 53.3 Å². The number of nitrogens with one attached hydrogen (secondary N) is 1. The number of rotatable bonds is 4. The van der Waals surface area contributed by atoms with Crippen LogP contribution in [0.3, 0.4) is 0 Å². The van der Waals surface area contributed by atoms with Crippen LogP contribution in [-0.2, 0) is 4.79 Å². The van der Waals surface area contributed by atoms with Gasteiger partial charge in [0.2, 0.25) is 0 Å². The Labute approximate surface area is 122 Å². The van der Waals surface area contributed by atoms with Crippen LogP contribution in [0, 0.1) is 19.7 Å². The van der Waals surface area contributed by atoms with Crippen molar-refractivity contribution in [3.63, 3.8) is 0 Å². The molecule has 4 nitrogen and oxygen atoms in total. The highest BCUT2D eigenvalue weighted by Crippen LogP contribution is 2.25. The maximum Gasteiger partial charge on any atom is 0.262 e. The molecule has 1 amide bonds. The van der Waals surface area contributed by atoms with E-state index in [-0.39, 0.29) is 12.5 Å². The molecule has 5 heteroatoms. The van der Waals surface area contributed by atoms with Gasteiger partial charge in [-0.1, -0.05) is 6.07 Å². The molecule has 0 aromatic heterocycles. The fourth-order valence-corrected chi connectivity index (χ4v) is 2.11. The van der Waals surface area contributed by atoms with E-state index in [2.05, 4.69) is 5.32 Å². The lowest BCUT2D eigenvalue weighted by atomic mass is 10.1. The van der Waals surface area contributed by atoms with Crippen molar-refractivity contribution in [1.82, 2.24) is 0 Å². The van der Waals surface area contributed by atoms with E-state index in [0.29, 0.717) is 17.1 Å². The first kappa shape index (κ1) is 14.8. The Bertz CT molecular complexity index is 648. The van der Waals surface area contributed by atoms with Gasteiger partial charge in [-0.2, -0.15) is 0 Å². The summed E-state index contributed by atoms with van der Waals surface area (Å²) >= 11 is 0. The van der Waals surface area contributed by atoms with E-state index in [9.17, 15) is 9.18 Å². The lowest BCUT2D eigenvalue weighted by Gasteiger charge is -2.13. The summed E-state index contributed by atoms with van der Waals surface area (Å²) in [6.45, 7) is 3.58. The summed E-state index contributed by atoms with van der Waals surface area (Å²) in [5.74, 6) is -0.117. The molecule has 0 aliphatic carbocycles. The van der Waals surface area contributed by atoms with Gasteiger partial charge in [-0.3, -0.25) is 4.79 Å². The lowest BCUT2D eigenvalue weighted by Crippen LogP contribution is -2.20. The number of carbonyl (C=O) groups excluding carboxylic acids is 1. The summed E-state index contributed by atoms with van der Waals surface area (Å²) in [5.41, 5.74) is 8.52. The van der Waals surface area contributed by atoms with E-state index < -0.39 is 5.82 Å². The number of halogens is 1. The number of nitrogens with two attached hydrogens (primary N) is 1. The van der Waals surface area contributed by atoms with Crippen molar-refractivity contribution in [1.29, 1.82) is 0 Å². The standard InChI is InChI=1S/C16H17FN2O2/c1-10-6-13(18)7-11(2)16(10)21-9-15(20)19-14-5-3-4-12(17)8-14/h3-8H,9,18H2,1-2H3,(H,19,20). The molecule has 0 aliphatic heterocycles. The van der Waals surface area contributed by atoms with Gasteiger partial charge in [0.05, 0.1) is 0 Å². The van der Waals surface area contributed by atoms with Crippen LogP contribution < -0.4 is 15.8 Å². The first-order valence-corrected chi connectivity index (χ1v) is 6.50. The minimum absolute atomic E-state index is 0.151. The van der Waals surface area contributed by atoms with Gasteiger partial charge in [-0.15, -0.1) is 0 Å². The van der Waals surface area contributed by atoms with Crippen molar-refractivity contribution < 1.29 is 13.9 Å². The topological polar surface area (TPSA) is 64.3 Å². The predicted molar refractivity (Wildman–Crippen MR) is 80.9 cm³/mol. The quantitative estimate of drug-likeness (QED) is 0.850. The molecule has 0 fully saturated rings. The van der Waals surface area contributed by atoms with Gasteiger partial charge in [0, 0.05) is 11.4 Å². The van der Waals surface area contributed by atoms with E-state index in [1.54, 1.807) is 18.2 Å². The van der Waals surface area contributed by atoms with Crippen molar-refractivity contribution >= 4 is 17.3 Å². The first-order chi connectivity index (χ1) is 9.95. The van der Waals surface area contributed by atoms with Crippen LogP contribution in [0.2, 0.25) is 0 Å². The molecule has 0 spiro atoms. The Kier molecular flexibility index (Phi) is 4.42. The molecule has 0 bridgehead atoms. The summed E-state index contributed by atoms with van der Waals surface area (Å²) in [5, 5.41) is 2.57. The summed E-state index contributed by atoms with van der Waals surface area (Å²) in [6, 6.07) is 9.27. The van der Waals surface area contributed by atoms with Gasteiger partial charge in [0.25, 0.3) is 5.91 Å². The number of benzene rings is 2. The molecule has 0 unspecified atom stereocenters. The van der Waals surface area contributed by atoms with E-state index in [1.165, 1.54) is 18.2 Å². The maximum atomic E-state index is 13.0. The Morgan fingerprint density at radius 2 is 1.90 bits per heavy atom. The molecule has 0 aliphatic rings. The van der Waals surface area contributed by atoms with Crippen LogP contribution in [0.1, 0.15) is 11.1 Å². The second kappa shape index (κ2) is 6.26. The molecule has 2 rings (SSSR count). The third-order valence-electron chi connectivity index (χ3n) is 2.94. The number of hydrogen-bond acceptors (Lipinski definition) is 3. The zero-order valence-corrected chi connectivity index (χ0v) is 11.9. The Morgan fingerprint density at radius 3 is 2.52 bits per heavy atom. The molecule has 2 aromatic rings. The SMILES string of the molecule is Cc1cc(N)cc(C)c1OCC(=O)Nc1cccc(F)c1. The van der Waals surface area contributed by atoms with Gasteiger partial charge >= 0.3 is 0 Å². The Morgan fingerprint density at radius 1 is 1.24 bits per heavy atom. The second-order valence-corrected chi connectivity index (χ2v) is 4.83. The number of anilines is 2. The molecule has 21 heavy (non-hydrogen) atoms. The summed E-state index contributed by atoms with van der Waals surface area (Å²) < 4.78 is 18.5. The predicted octanol–water partition coefficient (Wildman–Crippen LogP) is 3.04. The van der Waals surface area contributed by atoms with Crippen LogP contribution in [-0.4, -0.2) is 12.5 Å². The molecule has 3 N–H and O–H groups in total. The fourth-order valence-electron chi connectivity index (χ4n) is 2.11. The average molecular weight is 288 g/mol. The van der Waals surface area contributed by atoms with E-state index in [4.69, 9.17) is 10.5 Å². The molecule has 0 heterocycles. The monoisotopic (exact) mass is 288 g/mol. The van der Waals surface area contributed by atoms with Gasteiger partial charge in [0.15, 0.2) is 6.61 Å². The van der Waals surface area contributed by atoms with Crippen molar-refractivity contribution in [3.8, 4) is 5.75 Å². The number of ether oxygens (including phenoxy) is 1. The van der Waals surface area contributed by atoms with Gasteiger partial charge in [0.1, 0.15) is 11.6 Å². The van der Waals surface area contributed by atoms with Crippen LogP contribution in [0.4, 0.5) is 15.8 Å². The molecule has 0 atom stereocenters. The highest BCUT2D eigenvalue weighted by Gasteiger charge is 2.09.